The van der Waals surface area contributed by atoms with Gasteiger partial charge in [0.1, 0.15) is 0 Å². The van der Waals surface area contributed by atoms with E-state index in [1.54, 1.807) is 0 Å². The Bertz CT molecular complexity index is 460. The Balaban J connectivity index is 3.94. The molecule has 0 amide bonds. The van der Waals surface area contributed by atoms with Crippen LogP contribution in [0.3, 0.4) is 0 Å². The molecule has 0 heterocycles. The standard InChI is InChI=1S/C12H27NO6S2/c1-2-3-4-5-6-7-8-9-10-13(21(17,18)19)11-12-20(14,15)16/h2-12H2,1H3,(H,14,15,16)(H,17,18,19). The van der Waals surface area contributed by atoms with Crippen molar-refractivity contribution in [3.05, 3.63) is 0 Å². The molecule has 21 heavy (non-hydrogen) atoms. The van der Waals surface area contributed by atoms with Crippen molar-refractivity contribution in [1.82, 2.24) is 4.31 Å². The van der Waals surface area contributed by atoms with Gasteiger partial charge in [-0.05, 0) is 6.42 Å². The first-order valence-corrected chi connectivity index (χ1v) is 10.3. The van der Waals surface area contributed by atoms with Crippen molar-refractivity contribution in [2.75, 3.05) is 18.8 Å². The Kier molecular flexibility index (Phi) is 10.4. The molecular weight excluding hydrogens is 318 g/mol. The van der Waals surface area contributed by atoms with Gasteiger partial charge in [0.25, 0.3) is 10.1 Å². The first-order chi connectivity index (χ1) is 9.67. The van der Waals surface area contributed by atoms with Gasteiger partial charge in [-0.25, -0.2) is 0 Å². The van der Waals surface area contributed by atoms with Gasteiger partial charge in [-0.3, -0.25) is 9.11 Å². The van der Waals surface area contributed by atoms with Crippen molar-refractivity contribution in [3.63, 3.8) is 0 Å². The van der Waals surface area contributed by atoms with E-state index in [9.17, 15) is 16.8 Å². The molecule has 0 aromatic heterocycles. The fourth-order valence-electron chi connectivity index (χ4n) is 1.98. The molecular formula is C12H27NO6S2. The first kappa shape index (κ1) is 20.8. The molecule has 0 fully saturated rings. The van der Waals surface area contributed by atoms with E-state index >= 15 is 0 Å². The van der Waals surface area contributed by atoms with Gasteiger partial charge in [-0.2, -0.15) is 21.1 Å². The molecule has 0 aliphatic heterocycles. The van der Waals surface area contributed by atoms with Crippen molar-refractivity contribution in [1.29, 1.82) is 0 Å². The highest BCUT2D eigenvalue weighted by molar-refractivity contribution is 7.86. The highest BCUT2D eigenvalue weighted by atomic mass is 32.2. The third-order valence-electron chi connectivity index (χ3n) is 3.19. The fourth-order valence-corrected chi connectivity index (χ4v) is 3.23. The maximum absolute atomic E-state index is 11.1. The third kappa shape index (κ3) is 13.2. The van der Waals surface area contributed by atoms with Crippen LogP contribution < -0.4 is 0 Å². The predicted molar refractivity (Wildman–Crippen MR) is 82.1 cm³/mol. The summed E-state index contributed by atoms with van der Waals surface area (Å²) in [5.74, 6) is -0.718. The summed E-state index contributed by atoms with van der Waals surface area (Å²) in [6.07, 6.45) is 8.26. The Hall–Kier alpha value is -0.220. The fraction of sp³-hybridized carbons (Fsp3) is 1.00. The molecule has 0 bridgehead atoms. The Morgan fingerprint density at radius 3 is 1.67 bits per heavy atom. The summed E-state index contributed by atoms with van der Waals surface area (Å²) in [6, 6.07) is 0. The lowest BCUT2D eigenvalue weighted by molar-refractivity contribution is 0.351. The van der Waals surface area contributed by atoms with E-state index in [4.69, 9.17) is 9.11 Å². The van der Waals surface area contributed by atoms with Crippen molar-refractivity contribution in [2.24, 2.45) is 0 Å². The predicted octanol–water partition coefficient (Wildman–Crippen LogP) is 2.12. The summed E-state index contributed by atoms with van der Waals surface area (Å²) in [5, 5.41) is 0. The quantitative estimate of drug-likeness (QED) is 0.390. The molecule has 0 spiro atoms. The molecule has 128 valence electrons. The maximum Gasteiger partial charge on any atom is 0.335 e. The molecule has 9 heteroatoms. The van der Waals surface area contributed by atoms with Gasteiger partial charge in [0.2, 0.25) is 0 Å². The highest BCUT2D eigenvalue weighted by Gasteiger charge is 2.20. The van der Waals surface area contributed by atoms with Crippen LogP contribution in [0.2, 0.25) is 0 Å². The molecule has 0 unspecified atom stereocenters. The molecule has 0 radical (unpaired) electrons. The molecule has 0 aromatic rings. The number of hydrogen-bond donors (Lipinski definition) is 2. The second kappa shape index (κ2) is 10.5. The topological polar surface area (TPSA) is 112 Å². The second-order valence-corrected chi connectivity index (χ2v) is 8.12. The summed E-state index contributed by atoms with van der Waals surface area (Å²) in [5.41, 5.74) is 0. The zero-order chi connectivity index (χ0) is 16.4. The number of unbranched alkanes of at least 4 members (excludes halogenated alkanes) is 7. The highest BCUT2D eigenvalue weighted by Crippen LogP contribution is 2.10. The second-order valence-electron chi connectivity index (χ2n) is 5.14. The van der Waals surface area contributed by atoms with Crippen molar-refractivity contribution in [2.45, 2.75) is 58.3 Å². The zero-order valence-corrected chi connectivity index (χ0v) is 14.2. The lowest BCUT2D eigenvalue weighted by Crippen LogP contribution is -2.35. The SMILES string of the molecule is CCCCCCCCCCN(CCS(=O)(=O)O)S(=O)(=O)O. The van der Waals surface area contributed by atoms with Crippen LogP contribution in [0.25, 0.3) is 0 Å². The van der Waals surface area contributed by atoms with E-state index in [0.717, 1.165) is 19.3 Å². The molecule has 7 nitrogen and oxygen atoms in total. The van der Waals surface area contributed by atoms with Gasteiger partial charge in [-0.15, -0.1) is 0 Å². The number of nitrogens with zero attached hydrogens (tertiary/aromatic N) is 1. The lowest BCUT2D eigenvalue weighted by Gasteiger charge is -2.17. The van der Waals surface area contributed by atoms with Gasteiger partial charge in [0.15, 0.2) is 0 Å². The summed E-state index contributed by atoms with van der Waals surface area (Å²) in [7, 11) is -8.68. The first-order valence-electron chi connectivity index (χ1n) is 7.34. The molecule has 0 saturated heterocycles. The minimum absolute atomic E-state index is 0.0588. The normalized spacial score (nSPS) is 13.0. The van der Waals surface area contributed by atoms with Crippen molar-refractivity contribution >= 4 is 20.4 Å². The molecule has 2 N–H and O–H groups in total. The van der Waals surface area contributed by atoms with Gasteiger partial charge < -0.3 is 0 Å². The van der Waals surface area contributed by atoms with E-state index in [2.05, 4.69) is 6.92 Å². The molecule has 0 aliphatic carbocycles. The summed E-state index contributed by atoms with van der Waals surface area (Å²) in [4.78, 5) is 0. The van der Waals surface area contributed by atoms with Crippen LogP contribution in [-0.2, 0) is 20.4 Å². The van der Waals surface area contributed by atoms with Crippen LogP contribution in [0.1, 0.15) is 58.3 Å². The maximum atomic E-state index is 11.1. The summed E-state index contributed by atoms with van der Waals surface area (Å²) < 4.78 is 61.7. The van der Waals surface area contributed by atoms with Crippen LogP contribution >= 0.6 is 0 Å². The molecule has 0 rings (SSSR count). The number of hydrogen-bond acceptors (Lipinski definition) is 4. The Morgan fingerprint density at radius 1 is 0.762 bits per heavy atom. The third-order valence-corrected chi connectivity index (χ3v) is 4.90. The van der Waals surface area contributed by atoms with E-state index in [1.807, 2.05) is 0 Å². The van der Waals surface area contributed by atoms with E-state index in [1.165, 1.54) is 25.7 Å². The van der Waals surface area contributed by atoms with Crippen LogP contribution in [0.5, 0.6) is 0 Å². The minimum Gasteiger partial charge on any atom is -0.286 e. The zero-order valence-electron chi connectivity index (χ0n) is 12.6. The lowest BCUT2D eigenvalue weighted by atomic mass is 10.1. The average Bonchev–Trinajstić information content (AvgIpc) is 2.33. The van der Waals surface area contributed by atoms with E-state index in [0.29, 0.717) is 10.7 Å². The molecule has 0 saturated carbocycles. The van der Waals surface area contributed by atoms with Crippen LogP contribution in [0.15, 0.2) is 0 Å². The number of rotatable bonds is 13. The van der Waals surface area contributed by atoms with Gasteiger partial charge in [-0.1, -0.05) is 51.9 Å². The minimum atomic E-state index is -4.43. The van der Waals surface area contributed by atoms with Gasteiger partial charge in [0, 0.05) is 13.1 Å². The van der Waals surface area contributed by atoms with Crippen LogP contribution in [0.4, 0.5) is 0 Å². The smallest absolute Gasteiger partial charge is 0.286 e. The Labute approximate surface area is 128 Å². The van der Waals surface area contributed by atoms with E-state index in [-0.39, 0.29) is 6.54 Å². The van der Waals surface area contributed by atoms with Crippen LogP contribution in [-0.4, -0.2) is 49.1 Å². The average molecular weight is 345 g/mol. The largest absolute Gasteiger partial charge is 0.335 e. The van der Waals surface area contributed by atoms with Crippen LogP contribution in [0, 0.1) is 0 Å². The molecule has 0 aliphatic rings. The van der Waals surface area contributed by atoms with Gasteiger partial charge in [0.05, 0.1) is 5.75 Å². The summed E-state index contributed by atoms with van der Waals surface area (Å²) in [6.45, 7) is 1.77. The van der Waals surface area contributed by atoms with Crippen molar-refractivity contribution < 1.29 is 25.9 Å². The Morgan fingerprint density at radius 2 is 1.24 bits per heavy atom. The monoisotopic (exact) mass is 345 g/mol. The van der Waals surface area contributed by atoms with E-state index < -0.39 is 32.7 Å². The molecule has 0 aromatic carbocycles. The summed E-state index contributed by atoms with van der Waals surface area (Å²) >= 11 is 0. The van der Waals surface area contributed by atoms with Gasteiger partial charge >= 0.3 is 10.3 Å². The van der Waals surface area contributed by atoms with Crippen molar-refractivity contribution in [3.8, 4) is 0 Å². The molecule has 0 atom stereocenters.